The molecule has 0 aliphatic carbocycles. The van der Waals surface area contributed by atoms with Crippen LogP contribution in [0.15, 0.2) is 53.2 Å². The van der Waals surface area contributed by atoms with Gasteiger partial charge in [-0.25, -0.2) is 0 Å². The Morgan fingerprint density at radius 1 is 0.958 bits per heavy atom. The van der Waals surface area contributed by atoms with Crippen LogP contribution in [0.4, 0.5) is 0 Å². The van der Waals surface area contributed by atoms with Crippen LogP contribution in [0.2, 0.25) is 5.02 Å². The minimum Gasteiger partial charge on any atom is -0.420 e. The van der Waals surface area contributed by atoms with Crippen LogP contribution in [-0.2, 0) is 10.2 Å². The molecule has 122 valence electrons. The van der Waals surface area contributed by atoms with Gasteiger partial charge in [-0.1, -0.05) is 29.8 Å². The maximum atomic E-state index is 6.48. The Labute approximate surface area is 144 Å². The third kappa shape index (κ3) is 2.60. The summed E-state index contributed by atoms with van der Waals surface area (Å²) in [4.78, 5) is 4.02. The van der Waals surface area contributed by atoms with Gasteiger partial charge in [0.25, 0.3) is 0 Å². The van der Waals surface area contributed by atoms with Crippen molar-refractivity contribution in [2.24, 2.45) is 0 Å². The van der Waals surface area contributed by atoms with E-state index in [9.17, 15) is 0 Å². The second-order valence-electron chi connectivity index (χ2n) is 5.82. The predicted molar refractivity (Wildman–Crippen MR) is 89.8 cm³/mol. The number of hydrogen-bond acceptors (Lipinski definition) is 5. The third-order valence-electron chi connectivity index (χ3n) is 4.50. The molecule has 24 heavy (non-hydrogen) atoms. The van der Waals surface area contributed by atoms with Crippen LogP contribution in [0.5, 0.6) is 0 Å². The van der Waals surface area contributed by atoms with Crippen LogP contribution in [-0.4, -0.2) is 28.4 Å². The summed E-state index contributed by atoms with van der Waals surface area (Å²) >= 11 is 6.48. The van der Waals surface area contributed by atoms with E-state index in [1.807, 2.05) is 36.4 Å². The molecule has 0 amide bonds. The van der Waals surface area contributed by atoms with E-state index in [2.05, 4.69) is 15.2 Å². The van der Waals surface area contributed by atoms with Gasteiger partial charge in [0.1, 0.15) is 0 Å². The summed E-state index contributed by atoms with van der Waals surface area (Å²) in [6, 6.07) is 11.5. The fourth-order valence-electron chi connectivity index (χ4n) is 3.20. The Hall–Kier alpha value is -2.24. The number of halogens is 1. The normalized spacial score (nSPS) is 16.9. The van der Waals surface area contributed by atoms with Crippen molar-refractivity contribution in [2.45, 2.75) is 18.3 Å². The van der Waals surface area contributed by atoms with Crippen molar-refractivity contribution in [3.8, 4) is 11.5 Å². The zero-order chi connectivity index (χ0) is 16.4. The number of benzene rings is 1. The van der Waals surface area contributed by atoms with E-state index in [4.69, 9.17) is 20.8 Å². The van der Waals surface area contributed by atoms with Gasteiger partial charge in [0, 0.05) is 36.2 Å². The summed E-state index contributed by atoms with van der Waals surface area (Å²) in [5.41, 5.74) is 1.46. The zero-order valence-electron chi connectivity index (χ0n) is 13.0. The molecule has 6 heteroatoms. The molecule has 3 heterocycles. The molecule has 0 unspecified atom stereocenters. The minimum atomic E-state index is -0.408. The van der Waals surface area contributed by atoms with Crippen LogP contribution in [0, 0.1) is 0 Å². The van der Waals surface area contributed by atoms with Crippen LogP contribution in [0.3, 0.4) is 0 Å². The highest BCUT2D eigenvalue weighted by molar-refractivity contribution is 6.31. The lowest BCUT2D eigenvalue weighted by Crippen LogP contribution is -2.35. The average molecular weight is 342 g/mol. The molecule has 1 fully saturated rings. The first kappa shape index (κ1) is 15.3. The molecule has 0 radical (unpaired) electrons. The fourth-order valence-corrected chi connectivity index (χ4v) is 3.51. The standard InChI is InChI=1S/C18H16ClN3O2/c19-15-4-2-1-3-14(15)18(7-11-23-12-8-18)17-22-21-16(24-17)13-5-9-20-10-6-13/h1-6,9-10H,7-8,11-12H2. The molecule has 0 spiro atoms. The third-order valence-corrected chi connectivity index (χ3v) is 4.83. The molecule has 4 rings (SSSR count). The Morgan fingerprint density at radius 3 is 2.46 bits per heavy atom. The van der Waals surface area contributed by atoms with E-state index in [0.717, 1.165) is 24.0 Å². The number of hydrogen-bond donors (Lipinski definition) is 0. The maximum absolute atomic E-state index is 6.48. The first-order valence-corrected chi connectivity index (χ1v) is 8.24. The lowest BCUT2D eigenvalue weighted by Gasteiger charge is -2.35. The number of nitrogens with zero attached hydrogens (tertiary/aromatic N) is 3. The second kappa shape index (κ2) is 6.34. The lowest BCUT2D eigenvalue weighted by atomic mass is 9.74. The second-order valence-corrected chi connectivity index (χ2v) is 6.23. The summed E-state index contributed by atoms with van der Waals surface area (Å²) in [5.74, 6) is 1.08. The molecule has 0 bridgehead atoms. The molecule has 5 nitrogen and oxygen atoms in total. The van der Waals surface area contributed by atoms with Crippen molar-refractivity contribution in [3.63, 3.8) is 0 Å². The number of aromatic nitrogens is 3. The van der Waals surface area contributed by atoms with Gasteiger partial charge in [-0.15, -0.1) is 10.2 Å². The Bertz CT molecular complexity index is 829. The smallest absolute Gasteiger partial charge is 0.247 e. The molecule has 1 aliphatic heterocycles. The van der Waals surface area contributed by atoms with E-state index in [-0.39, 0.29) is 0 Å². The van der Waals surface area contributed by atoms with Gasteiger partial charge in [-0.3, -0.25) is 4.98 Å². The van der Waals surface area contributed by atoms with Gasteiger partial charge in [0.2, 0.25) is 11.8 Å². The Balaban J connectivity index is 1.81. The van der Waals surface area contributed by atoms with Crippen LogP contribution >= 0.6 is 11.6 Å². The van der Waals surface area contributed by atoms with Crippen LogP contribution in [0.25, 0.3) is 11.5 Å². The molecular formula is C18H16ClN3O2. The summed E-state index contributed by atoms with van der Waals surface area (Å²) < 4.78 is 11.6. The summed E-state index contributed by atoms with van der Waals surface area (Å²) in [7, 11) is 0. The number of pyridine rings is 1. The molecule has 1 saturated heterocycles. The number of rotatable bonds is 3. The summed E-state index contributed by atoms with van der Waals surface area (Å²) in [5, 5.41) is 9.30. The van der Waals surface area contributed by atoms with Gasteiger partial charge in [-0.2, -0.15) is 0 Å². The first-order valence-electron chi connectivity index (χ1n) is 7.87. The zero-order valence-corrected chi connectivity index (χ0v) is 13.7. The van der Waals surface area contributed by atoms with Gasteiger partial charge >= 0.3 is 0 Å². The van der Waals surface area contributed by atoms with E-state index in [1.165, 1.54) is 0 Å². The molecule has 0 saturated carbocycles. The SMILES string of the molecule is Clc1ccccc1C1(c2nnc(-c3ccncc3)o2)CCOCC1. The lowest BCUT2D eigenvalue weighted by molar-refractivity contribution is 0.0546. The van der Waals surface area contributed by atoms with Gasteiger partial charge in [0.05, 0.1) is 5.41 Å². The van der Waals surface area contributed by atoms with Gasteiger partial charge in [0.15, 0.2) is 0 Å². The van der Waals surface area contributed by atoms with Crippen LogP contribution < -0.4 is 0 Å². The molecule has 1 aliphatic rings. The van der Waals surface area contributed by atoms with Crippen LogP contribution in [0.1, 0.15) is 24.3 Å². The van der Waals surface area contributed by atoms with E-state index < -0.39 is 5.41 Å². The van der Waals surface area contributed by atoms with Crippen molar-refractivity contribution in [3.05, 3.63) is 65.3 Å². The van der Waals surface area contributed by atoms with E-state index in [0.29, 0.717) is 30.0 Å². The summed E-state index contributed by atoms with van der Waals surface area (Å²) in [6.07, 6.45) is 4.93. The maximum Gasteiger partial charge on any atom is 0.247 e. The predicted octanol–water partition coefficient (Wildman–Crippen LogP) is 3.88. The number of ether oxygens (including phenoxy) is 1. The van der Waals surface area contributed by atoms with Crippen molar-refractivity contribution in [2.75, 3.05) is 13.2 Å². The monoisotopic (exact) mass is 341 g/mol. The van der Waals surface area contributed by atoms with Gasteiger partial charge in [-0.05, 0) is 36.6 Å². The average Bonchev–Trinajstić information content (AvgIpc) is 3.14. The topological polar surface area (TPSA) is 61.0 Å². The molecule has 2 aromatic heterocycles. The van der Waals surface area contributed by atoms with Crippen molar-refractivity contribution in [1.29, 1.82) is 0 Å². The molecule has 0 N–H and O–H groups in total. The molecular weight excluding hydrogens is 326 g/mol. The van der Waals surface area contributed by atoms with Crippen molar-refractivity contribution < 1.29 is 9.15 Å². The molecule has 0 atom stereocenters. The highest BCUT2D eigenvalue weighted by atomic mass is 35.5. The first-order chi connectivity index (χ1) is 11.8. The van der Waals surface area contributed by atoms with E-state index in [1.54, 1.807) is 12.4 Å². The van der Waals surface area contributed by atoms with Crippen molar-refractivity contribution >= 4 is 11.6 Å². The Kier molecular flexibility index (Phi) is 4.04. The fraction of sp³-hybridized carbons (Fsp3) is 0.278. The largest absolute Gasteiger partial charge is 0.420 e. The quantitative estimate of drug-likeness (QED) is 0.723. The molecule has 1 aromatic carbocycles. The highest BCUT2D eigenvalue weighted by Gasteiger charge is 2.42. The van der Waals surface area contributed by atoms with E-state index >= 15 is 0 Å². The highest BCUT2D eigenvalue weighted by Crippen LogP contribution is 2.43. The Morgan fingerprint density at radius 2 is 1.71 bits per heavy atom. The summed E-state index contributed by atoms with van der Waals surface area (Å²) in [6.45, 7) is 1.27. The molecule has 3 aromatic rings. The van der Waals surface area contributed by atoms with Gasteiger partial charge < -0.3 is 9.15 Å². The minimum absolute atomic E-state index is 0.408. The van der Waals surface area contributed by atoms with Crippen molar-refractivity contribution in [1.82, 2.24) is 15.2 Å².